The molecule has 0 aromatic carbocycles. The van der Waals surface area contributed by atoms with Crippen molar-refractivity contribution in [3.63, 3.8) is 0 Å². The highest BCUT2D eigenvalue weighted by Crippen LogP contribution is 2.55. The van der Waals surface area contributed by atoms with E-state index in [2.05, 4.69) is 9.26 Å². The van der Waals surface area contributed by atoms with Crippen molar-refractivity contribution in [3.05, 3.63) is 0 Å². The minimum Gasteiger partial charge on any atom is -0.452 e. The van der Waals surface area contributed by atoms with Crippen molar-refractivity contribution in [3.8, 4) is 0 Å². The summed E-state index contributed by atoms with van der Waals surface area (Å²) in [7, 11) is 2.29. The Morgan fingerprint density at radius 3 is 2.38 bits per heavy atom. The van der Waals surface area contributed by atoms with Gasteiger partial charge < -0.3 is 9.26 Å². The maximum atomic E-state index is 11.4. The zero-order valence-corrected chi connectivity index (χ0v) is 9.60. The lowest BCUT2D eigenvalue weighted by Gasteiger charge is -2.22. The molecular formula is C5H10Cl2NO4P. The first-order chi connectivity index (χ1) is 5.99. The Morgan fingerprint density at radius 2 is 2.08 bits per heavy atom. The largest absolute Gasteiger partial charge is 0.452 e. The molecule has 8 heteroatoms. The van der Waals surface area contributed by atoms with Gasteiger partial charge in [0.05, 0.1) is 7.11 Å². The first kappa shape index (κ1) is 13.0. The van der Waals surface area contributed by atoms with Gasteiger partial charge in [0.2, 0.25) is 0 Å². The fourth-order valence-corrected chi connectivity index (χ4v) is 2.10. The fraction of sp³-hybridized carbons (Fsp3) is 0.800. The maximum absolute atomic E-state index is 11.4. The Balaban J connectivity index is 4.60. The van der Waals surface area contributed by atoms with Crippen LogP contribution < -0.4 is 0 Å². The highest BCUT2D eigenvalue weighted by Gasteiger charge is 2.33. The van der Waals surface area contributed by atoms with Crippen LogP contribution in [-0.4, -0.2) is 37.4 Å². The van der Waals surface area contributed by atoms with Gasteiger partial charge >= 0.3 is 13.0 Å². The second kappa shape index (κ2) is 5.70. The van der Waals surface area contributed by atoms with Crippen molar-refractivity contribution in [1.82, 2.24) is 4.67 Å². The lowest BCUT2D eigenvalue weighted by atomic mass is 10.7. The molecule has 0 fully saturated rings. The van der Waals surface area contributed by atoms with E-state index >= 15 is 0 Å². The summed E-state index contributed by atoms with van der Waals surface area (Å²) in [5.74, 6) is 0.0924. The van der Waals surface area contributed by atoms with Gasteiger partial charge in [0.15, 0.2) is 0 Å². The van der Waals surface area contributed by atoms with Gasteiger partial charge in [-0.05, 0) is 11.2 Å². The van der Waals surface area contributed by atoms with Crippen LogP contribution in [0.3, 0.4) is 0 Å². The van der Waals surface area contributed by atoms with E-state index in [0.29, 0.717) is 0 Å². The zero-order chi connectivity index (χ0) is 10.5. The molecule has 13 heavy (non-hydrogen) atoms. The van der Waals surface area contributed by atoms with E-state index < -0.39 is 13.0 Å². The molecule has 1 unspecified atom stereocenters. The third kappa shape index (κ3) is 3.73. The Morgan fingerprint density at radius 1 is 1.54 bits per heavy atom. The molecule has 0 heterocycles. The van der Waals surface area contributed by atoms with Gasteiger partial charge in [0.1, 0.15) is 0 Å². The number of nitrogens with zero attached hydrogens (tertiary/aromatic N) is 1. The third-order valence-corrected chi connectivity index (χ3v) is 3.72. The van der Waals surface area contributed by atoms with Crippen LogP contribution in [0.2, 0.25) is 0 Å². The predicted octanol–water partition coefficient (Wildman–Crippen LogP) is 2.29. The van der Waals surface area contributed by atoms with Crippen molar-refractivity contribution in [2.45, 2.75) is 0 Å². The number of rotatable bonds is 4. The van der Waals surface area contributed by atoms with Crippen molar-refractivity contribution in [2.24, 2.45) is 0 Å². The summed E-state index contributed by atoms with van der Waals surface area (Å²) in [6.45, 7) is -3.62. The van der Waals surface area contributed by atoms with Crippen molar-refractivity contribution >= 4 is 35.8 Å². The van der Waals surface area contributed by atoms with Gasteiger partial charge in [-0.3, -0.25) is 0 Å². The number of alkyl halides is 1. The van der Waals surface area contributed by atoms with Crippen LogP contribution in [0.15, 0.2) is 0 Å². The molecule has 0 N–H and O–H groups in total. The first-order valence-corrected chi connectivity index (χ1v) is 6.28. The van der Waals surface area contributed by atoms with E-state index in [9.17, 15) is 9.36 Å². The molecule has 0 radical (unpaired) electrons. The SMILES string of the molecule is COC(=O)N(CCCl)P(=O)(Cl)OC. The van der Waals surface area contributed by atoms with Gasteiger partial charge in [-0.25, -0.2) is 14.0 Å². The van der Waals surface area contributed by atoms with Gasteiger partial charge in [0.25, 0.3) is 0 Å². The zero-order valence-electron chi connectivity index (χ0n) is 7.20. The van der Waals surface area contributed by atoms with Crippen LogP contribution in [0.1, 0.15) is 0 Å². The number of carbonyl (C=O) groups is 1. The summed E-state index contributed by atoms with van der Waals surface area (Å²) < 4.78 is 20.9. The Bertz CT molecular complexity index is 225. The molecule has 0 saturated carbocycles. The van der Waals surface area contributed by atoms with Gasteiger partial charge in [-0.1, -0.05) is 0 Å². The number of ether oxygens (including phenoxy) is 1. The van der Waals surface area contributed by atoms with E-state index in [4.69, 9.17) is 22.8 Å². The van der Waals surface area contributed by atoms with Crippen molar-refractivity contribution in [1.29, 1.82) is 0 Å². The number of hydrogen-bond donors (Lipinski definition) is 0. The quantitative estimate of drug-likeness (QED) is 0.567. The Hall–Kier alpha value is 0.0400. The van der Waals surface area contributed by atoms with Crippen LogP contribution in [0.4, 0.5) is 4.79 Å². The Labute approximate surface area is 86.2 Å². The molecule has 78 valence electrons. The van der Waals surface area contributed by atoms with Crippen LogP contribution in [-0.2, 0) is 13.8 Å². The molecule has 0 bridgehead atoms. The van der Waals surface area contributed by atoms with Crippen molar-refractivity contribution in [2.75, 3.05) is 26.6 Å². The van der Waals surface area contributed by atoms with Crippen LogP contribution in [0.5, 0.6) is 0 Å². The average Bonchev–Trinajstić information content (AvgIpc) is 2.12. The molecule has 0 spiro atoms. The Kier molecular flexibility index (Phi) is 5.72. The normalized spacial score (nSPS) is 14.8. The number of amides is 1. The standard InChI is InChI=1S/C5H10Cl2NO4P/c1-11-5(9)8(4-3-6)13(7,10)12-2/h3-4H2,1-2H3. The highest BCUT2D eigenvalue weighted by molar-refractivity contribution is 7.83. The molecule has 1 amide bonds. The van der Waals surface area contributed by atoms with Gasteiger partial charge in [-0.15, -0.1) is 11.6 Å². The molecule has 0 rings (SSSR count). The lowest BCUT2D eigenvalue weighted by Crippen LogP contribution is -2.28. The second-order valence-corrected chi connectivity index (χ2v) is 5.33. The minimum atomic E-state index is -3.63. The van der Waals surface area contributed by atoms with Crippen LogP contribution >= 0.6 is 29.7 Å². The third-order valence-electron chi connectivity index (χ3n) is 1.20. The smallest absolute Gasteiger partial charge is 0.417 e. The molecule has 0 aliphatic carbocycles. The molecular weight excluding hydrogens is 240 g/mol. The lowest BCUT2D eigenvalue weighted by molar-refractivity contribution is 0.146. The molecule has 1 atom stereocenters. The predicted molar refractivity (Wildman–Crippen MR) is 50.3 cm³/mol. The number of methoxy groups -OCH3 is 1. The maximum Gasteiger partial charge on any atom is 0.417 e. The number of halogens is 2. The molecule has 0 aliphatic rings. The number of hydrogen-bond acceptors (Lipinski definition) is 4. The summed E-state index contributed by atoms with van der Waals surface area (Å²) >= 11 is 10.8. The molecule has 0 aromatic heterocycles. The average molecular weight is 250 g/mol. The van der Waals surface area contributed by atoms with Gasteiger partial charge in [0, 0.05) is 19.5 Å². The monoisotopic (exact) mass is 249 g/mol. The highest BCUT2D eigenvalue weighted by atomic mass is 35.7. The number of carbonyl (C=O) groups excluding carboxylic acids is 1. The summed E-state index contributed by atoms with van der Waals surface area (Å²) in [6, 6.07) is 0. The van der Waals surface area contributed by atoms with E-state index in [1.807, 2.05) is 0 Å². The second-order valence-electron chi connectivity index (χ2n) is 1.92. The molecule has 5 nitrogen and oxygen atoms in total. The van der Waals surface area contributed by atoms with Crippen LogP contribution in [0, 0.1) is 0 Å². The molecule has 0 saturated heterocycles. The summed E-state index contributed by atoms with van der Waals surface area (Å²) in [4.78, 5) is 11.0. The summed E-state index contributed by atoms with van der Waals surface area (Å²) in [5.41, 5.74) is 0. The first-order valence-electron chi connectivity index (χ1n) is 3.27. The van der Waals surface area contributed by atoms with E-state index in [1.54, 1.807) is 0 Å². The molecule has 0 aromatic rings. The summed E-state index contributed by atoms with van der Waals surface area (Å²) in [5, 5.41) is 0. The topological polar surface area (TPSA) is 55.8 Å². The van der Waals surface area contributed by atoms with E-state index in [-0.39, 0.29) is 12.4 Å². The minimum absolute atomic E-state index is 0.00282. The van der Waals surface area contributed by atoms with E-state index in [1.165, 1.54) is 0 Å². The molecule has 0 aliphatic heterocycles. The van der Waals surface area contributed by atoms with Gasteiger partial charge in [-0.2, -0.15) is 0 Å². The van der Waals surface area contributed by atoms with E-state index in [0.717, 1.165) is 18.9 Å². The summed E-state index contributed by atoms with van der Waals surface area (Å²) in [6.07, 6.45) is -0.833. The van der Waals surface area contributed by atoms with Crippen molar-refractivity contribution < 1.29 is 18.6 Å². The fourth-order valence-electron chi connectivity index (χ4n) is 0.592. The van der Waals surface area contributed by atoms with Crippen LogP contribution in [0.25, 0.3) is 0 Å².